The van der Waals surface area contributed by atoms with Crippen LogP contribution in [0.15, 0.2) is 51.0 Å². The Morgan fingerprint density at radius 3 is 2.50 bits per heavy atom. The van der Waals surface area contributed by atoms with E-state index in [-0.39, 0.29) is 24.3 Å². The summed E-state index contributed by atoms with van der Waals surface area (Å²) in [6, 6.07) is 10.6. The molecule has 1 atom stereocenters. The molecule has 8 heteroatoms. The Morgan fingerprint density at radius 2 is 1.87 bits per heavy atom. The van der Waals surface area contributed by atoms with E-state index in [0.717, 1.165) is 16.5 Å². The maximum Gasteiger partial charge on any atom is 0.329 e. The van der Waals surface area contributed by atoms with Gasteiger partial charge in [-0.1, -0.05) is 35.0 Å². The first-order chi connectivity index (χ1) is 14.3. The number of hydrogen-bond donors (Lipinski definition) is 1. The highest BCUT2D eigenvalue weighted by Gasteiger charge is 2.33. The van der Waals surface area contributed by atoms with E-state index >= 15 is 0 Å². The van der Waals surface area contributed by atoms with Gasteiger partial charge in [0.25, 0.3) is 5.91 Å². The van der Waals surface area contributed by atoms with E-state index in [1.165, 1.54) is 4.90 Å². The second kappa shape index (κ2) is 9.66. The average Bonchev–Trinajstić information content (AvgIpc) is 2.98. The van der Waals surface area contributed by atoms with E-state index in [9.17, 15) is 9.59 Å². The van der Waals surface area contributed by atoms with Gasteiger partial charge in [0.2, 0.25) is 0 Å². The van der Waals surface area contributed by atoms with E-state index < -0.39 is 6.03 Å². The summed E-state index contributed by atoms with van der Waals surface area (Å²) < 4.78 is 13.0. The van der Waals surface area contributed by atoms with Gasteiger partial charge >= 0.3 is 6.03 Å². The molecule has 6 nitrogen and oxygen atoms in total. The minimum absolute atomic E-state index is 0.0299. The third-order valence-electron chi connectivity index (χ3n) is 4.67. The summed E-state index contributed by atoms with van der Waals surface area (Å²) in [7, 11) is 1.56. The number of imide groups is 1. The Morgan fingerprint density at radius 1 is 1.17 bits per heavy atom. The van der Waals surface area contributed by atoms with E-state index in [4.69, 9.17) is 9.47 Å². The lowest BCUT2D eigenvalue weighted by atomic mass is 10.1. The topological polar surface area (TPSA) is 67.9 Å². The maximum absolute atomic E-state index is 12.8. The molecule has 158 valence electrons. The zero-order chi connectivity index (χ0) is 21.8. The molecule has 2 aromatic rings. The number of urea groups is 1. The van der Waals surface area contributed by atoms with Crippen LogP contribution in [0.1, 0.15) is 31.4 Å². The van der Waals surface area contributed by atoms with Crippen LogP contribution in [0, 0.1) is 0 Å². The van der Waals surface area contributed by atoms with Crippen molar-refractivity contribution in [1.82, 2.24) is 10.2 Å². The highest BCUT2D eigenvalue weighted by atomic mass is 79.9. The van der Waals surface area contributed by atoms with Crippen LogP contribution in [0.2, 0.25) is 0 Å². The number of halogens is 2. The number of methoxy groups -OCH3 is 1. The Kier molecular flexibility index (Phi) is 7.20. The Labute approximate surface area is 192 Å². The third kappa shape index (κ3) is 5.05. The van der Waals surface area contributed by atoms with Gasteiger partial charge in [-0.25, -0.2) is 4.79 Å². The molecular formula is C22H22Br2N2O4. The van der Waals surface area contributed by atoms with Gasteiger partial charge in [0, 0.05) is 4.47 Å². The molecule has 0 spiro atoms. The largest absolute Gasteiger partial charge is 0.493 e. The second-order valence-electron chi connectivity index (χ2n) is 6.88. The van der Waals surface area contributed by atoms with Crippen molar-refractivity contribution < 1.29 is 19.1 Å². The highest BCUT2D eigenvalue weighted by Crippen LogP contribution is 2.38. The van der Waals surface area contributed by atoms with Gasteiger partial charge in [-0.05, 0) is 70.7 Å². The molecule has 1 heterocycles. The number of nitrogens with zero attached hydrogens (tertiary/aromatic N) is 1. The predicted molar refractivity (Wildman–Crippen MR) is 122 cm³/mol. The van der Waals surface area contributed by atoms with Gasteiger partial charge in [-0.2, -0.15) is 0 Å². The van der Waals surface area contributed by atoms with Crippen molar-refractivity contribution in [2.45, 2.75) is 32.9 Å². The summed E-state index contributed by atoms with van der Waals surface area (Å²) in [5.74, 6) is 0.769. The van der Waals surface area contributed by atoms with Crippen molar-refractivity contribution >= 4 is 49.9 Å². The fourth-order valence-corrected chi connectivity index (χ4v) is 3.69. The number of ether oxygens (including phenoxy) is 2. The van der Waals surface area contributed by atoms with Gasteiger partial charge in [0.15, 0.2) is 11.5 Å². The number of amides is 3. The van der Waals surface area contributed by atoms with E-state index in [0.29, 0.717) is 21.5 Å². The summed E-state index contributed by atoms with van der Waals surface area (Å²) in [5.41, 5.74) is 1.77. The molecule has 1 aliphatic rings. The van der Waals surface area contributed by atoms with Crippen molar-refractivity contribution in [2.75, 3.05) is 7.11 Å². The van der Waals surface area contributed by atoms with Crippen LogP contribution in [-0.4, -0.2) is 30.1 Å². The summed E-state index contributed by atoms with van der Waals surface area (Å²) >= 11 is 6.89. The van der Waals surface area contributed by atoms with Crippen molar-refractivity contribution in [1.29, 1.82) is 0 Å². The smallest absolute Gasteiger partial charge is 0.329 e. The lowest BCUT2D eigenvalue weighted by Gasteiger charge is -2.17. The number of carbonyl (C=O) groups is 2. The number of benzene rings is 2. The molecule has 3 amide bonds. The monoisotopic (exact) mass is 536 g/mol. The molecule has 1 aliphatic heterocycles. The molecule has 1 saturated heterocycles. The first-order valence-corrected chi connectivity index (χ1v) is 11.0. The first kappa shape index (κ1) is 22.4. The molecule has 0 aliphatic carbocycles. The lowest BCUT2D eigenvalue weighted by molar-refractivity contribution is -0.123. The van der Waals surface area contributed by atoms with Crippen molar-refractivity contribution in [3.63, 3.8) is 0 Å². The van der Waals surface area contributed by atoms with Crippen LogP contribution < -0.4 is 14.8 Å². The maximum atomic E-state index is 12.8. The van der Waals surface area contributed by atoms with Crippen LogP contribution in [0.5, 0.6) is 11.5 Å². The molecule has 0 aromatic heterocycles. The van der Waals surface area contributed by atoms with Crippen LogP contribution in [0.3, 0.4) is 0 Å². The molecule has 1 fully saturated rings. The number of hydrogen-bond acceptors (Lipinski definition) is 4. The summed E-state index contributed by atoms with van der Waals surface area (Å²) in [4.78, 5) is 26.3. The average molecular weight is 538 g/mol. The van der Waals surface area contributed by atoms with E-state index in [2.05, 4.69) is 37.2 Å². The third-order valence-corrected chi connectivity index (χ3v) is 5.79. The zero-order valence-electron chi connectivity index (χ0n) is 16.9. The first-order valence-electron chi connectivity index (χ1n) is 9.45. The van der Waals surface area contributed by atoms with Crippen molar-refractivity contribution in [2.24, 2.45) is 0 Å². The minimum Gasteiger partial charge on any atom is -0.493 e. The van der Waals surface area contributed by atoms with Gasteiger partial charge < -0.3 is 14.8 Å². The van der Waals surface area contributed by atoms with Crippen LogP contribution in [0.4, 0.5) is 4.79 Å². The molecule has 3 rings (SSSR count). The van der Waals surface area contributed by atoms with Crippen molar-refractivity contribution in [3.05, 3.63) is 62.2 Å². The van der Waals surface area contributed by atoms with Crippen LogP contribution in [-0.2, 0) is 11.3 Å². The number of rotatable bonds is 7. The molecule has 0 unspecified atom stereocenters. The molecule has 0 bridgehead atoms. The molecular weight excluding hydrogens is 516 g/mol. The molecule has 2 aromatic carbocycles. The molecule has 30 heavy (non-hydrogen) atoms. The van der Waals surface area contributed by atoms with Gasteiger partial charge in [0.1, 0.15) is 5.70 Å². The Balaban J connectivity index is 1.84. The van der Waals surface area contributed by atoms with Gasteiger partial charge in [-0.15, -0.1) is 0 Å². The van der Waals surface area contributed by atoms with E-state index in [1.54, 1.807) is 19.3 Å². The highest BCUT2D eigenvalue weighted by molar-refractivity contribution is 9.10. The summed E-state index contributed by atoms with van der Waals surface area (Å²) in [5, 5.41) is 2.65. The lowest BCUT2D eigenvalue weighted by Crippen LogP contribution is -2.30. The molecule has 0 radical (unpaired) electrons. The van der Waals surface area contributed by atoms with Gasteiger partial charge in [-0.3, -0.25) is 9.69 Å². The second-order valence-corrected chi connectivity index (χ2v) is 8.65. The van der Waals surface area contributed by atoms with E-state index in [1.807, 2.05) is 44.2 Å². The standard InChI is InChI=1S/C22H22Br2N2O4/c1-4-13(2)30-20-17(24)9-15(11-19(20)29-3)10-18-21(27)26(22(28)25-18)12-14-5-7-16(23)8-6-14/h5-11,13H,4,12H2,1-3H3,(H,25,28)/b18-10+/t13-/m1/s1. The Hall–Kier alpha value is -2.32. The van der Waals surface area contributed by atoms with Gasteiger partial charge in [0.05, 0.1) is 24.2 Å². The fraction of sp³-hybridized carbons (Fsp3) is 0.273. The minimum atomic E-state index is -0.447. The normalized spacial score (nSPS) is 16.0. The molecule has 1 N–H and O–H groups in total. The predicted octanol–water partition coefficient (Wildman–Crippen LogP) is 5.49. The Bertz CT molecular complexity index is 989. The summed E-state index contributed by atoms with van der Waals surface area (Å²) in [6.07, 6.45) is 2.51. The molecule has 0 saturated carbocycles. The SMILES string of the molecule is CC[C@@H](C)Oc1c(Br)cc(/C=C2/NC(=O)N(Cc3ccc(Br)cc3)C2=O)cc1OC. The number of carbonyl (C=O) groups excluding carboxylic acids is 2. The van der Waals surface area contributed by atoms with Crippen LogP contribution in [0.25, 0.3) is 6.08 Å². The quantitative estimate of drug-likeness (QED) is 0.374. The summed E-state index contributed by atoms with van der Waals surface area (Å²) in [6.45, 7) is 4.22. The van der Waals surface area contributed by atoms with Crippen LogP contribution >= 0.6 is 31.9 Å². The zero-order valence-corrected chi connectivity index (χ0v) is 20.0. The number of nitrogens with one attached hydrogen (secondary N) is 1. The van der Waals surface area contributed by atoms with Crippen molar-refractivity contribution in [3.8, 4) is 11.5 Å². The fourth-order valence-electron chi connectivity index (χ4n) is 2.88.